The molecule has 0 aromatic heterocycles. The number of sulfone groups is 1. The van der Waals surface area contributed by atoms with Crippen molar-refractivity contribution in [3.63, 3.8) is 0 Å². The van der Waals surface area contributed by atoms with E-state index in [1.165, 1.54) is 0 Å². The summed E-state index contributed by atoms with van der Waals surface area (Å²) in [6.45, 7) is -0.299. The molecule has 114 valence electrons. The fourth-order valence-electron chi connectivity index (χ4n) is 1.35. The predicted octanol–water partition coefficient (Wildman–Crippen LogP) is 0.726. The molecule has 0 aliphatic rings. The number of anilines is 1. The average Bonchev–Trinajstić information content (AvgIpc) is 2.29. The molecule has 10 heteroatoms. The minimum absolute atomic E-state index is 0.0287. The second kappa shape index (κ2) is 5.84. The number of nitrogens with zero attached hydrogens (tertiary/aromatic N) is 1. The molecule has 0 aliphatic carbocycles. The number of nitrogen functional groups attached to an aromatic ring is 1. The van der Waals surface area contributed by atoms with Crippen molar-refractivity contribution in [2.45, 2.75) is 4.90 Å². The first-order valence-corrected chi connectivity index (χ1v) is 9.21. The van der Waals surface area contributed by atoms with Crippen LogP contribution in [0.1, 0.15) is 0 Å². The maximum atomic E-state index is 13.8. The van der Waals surface area contributed by atoms with E-state index in [0.29, 0.717) is 0 Å². The van der Waals surface area contributed by atoms with Gasteiger partial charge < -0.3 is 5.73 Å². The maximum absolute atomic E-state index is 13.8. The second-order valence-electron chi connectivity index (χ2n) is 4.26. The van der Waals surface area contributed by atoms with E-state index in [4.69, 9.17) is 17.3 Å². The second-order valence-corrected chi connectivity index (χ2v) is 8.97. The SMILES string of the molecule is CN(CCS(C)(=O)=O)S(=O)(=O)c1cc(Cl)cc(N)c1F. The zero-order chi connectivity index (χ0) is 15.7. The molecule has 20 heavy (non-hydrogen) atoms. The molecular weight excluding hydrogens is 331 g/mol. The standard InChI is InChI=1S/C10H14ClFN2O4S2/c1-14(3-4-19(2,15)16)20(17,18)9-6-7(11)5-8(13)10(9)12/h5-6H,3-4,13H2,1-2H3. The molecule has 0 saturated carbocycles. The molecule has 0 fully saturated rings. The van der Waals surface area contributed by atoms with E-state index in [9.17, 15) is 21.2 Å². The van der Waals surface area contributed by atoms with Crippen LogP contribution in [0.5, 0.6) is 0 Å². The summed E-state index contributed by atoms with van der Waals surface area (Å²) in [6, 6.07) is 2.02. The minimum Gasteiger partial charge on any atom is -0.396 e. The fraction of sp³-hybridized carbons (Fsp3) is 0.400. The largest absolute Gasteiger partial charge is 0.396 e. The van der Waals surface area contributed by atoms with Gasteiger partial charge >= 0.3 is 0 Å². The zero-order valence-electron chi connectivity index (χ0n) is 10.8. The molecular formula is C10H14ClFN2O4S2. The van der Waals surface area contributed by atoms with Gasteiger partial charge in [0.1, 0.15) is 14.7 Å². The molecule has 0 atom stereocenters. The first-order chi connectivity index (χ1) is 8.95. The quantitative estimate of drug-likeness (QED) is 0.794. The highest BCUT2D eigenvalue weighted by atomic mass is 35.5. The Labute approximate surface area is 122 Å². The number of hydrogen-bond donors (Lipinski definition) is 1. The van der Waals surface area contributed by atoms with Gasteiger partial charge in [0.2, 0.25) is 10.0 Å². The van der Waals surface area contributed by atoms with Gasteiger partial charge in [0.25, 0.3) is 0 Å². The molecule has 1 aromatic carbocycles. The Morgan fingerprint density at radius 2 is 1.85 bits per heavy atom. The lowest BCUT2D eigenvalue weighted by molar-refractivity contribution is 0.477. The van der Waals surface area contributed by atoms with Gasteiger partial charge in [0.05, 0.1) is 11.4 Å². The lowest BCUT2D eigenvalue weighted by atomic mass is 10.3. The summed E-state index contributed by atoms with van der Waals surface area (Å²) in [5.74, 6) is -1.49. The Morgan fingerprint density at radius 1 is 1.30 bits per heavy atom. The summed E-state index contributed by atoms with van der Waals surface area (Å²) in [6.07, 6.45) is 0.978. The van der Waals surface area contributed by atoms with Crippen LogP contribution in [0.2, 0.25) is 5.02 Å². The third kappa shape index (κ3) is 4.05. The van der Waals surface area contributed by atoms with Crippen molar-refractivity contribution in [2.24, 2.45) is 0 Å². The highest BCUT2D eigenvalue weighted by molar-refractivity contribution is 7.91. The van der Waals surface area contributed by atoms with Gasteiger partial charge in [-0.15, -0.1) is 0 Å². The Kier molecular flexibility index (Phi) is 5.01. The molecule has 0 spiro atoms. The molecule has 0 aliphatic heterocycles. The van der Waals surface area contributed by atoms with Crippen molar-refractivity contribution in [3.8, 4) is 0 Å². The van der Waals surface area contributed by atoms with Gasteiger partial charge in [-0.2, -0.15) is 4.31 Å². The molecule has 6 nitrogen and oxygen atoms in total. The maximum Gasteiger partial charge on any atom is 0.245 e. The van der Waals surface area contributed by atoms with Gasteiger partial charge in [-0.25, -0.2) is 21.2 Å². The summed E-state index contributed by atoms with van der Waals surface area (Å²) in [4.78, 5) is -0.682. The van der Waals surface area contributed by atoms with Crippen LogP contribution < -0.4 is 5.73 Å². The van der Waals surface area contributed by atoms with Crippen molar-refractivity contribution in [1.82, 2.24) is 4.31 Å². The summed E-state index contributed by atoms with van der Waals surface area (Å²) in [5.41, 5.74) is 4.93. The lowest BCUT2D eigenvalue weighted by Gasteiger charge is -2.17. The van der Waals surface area contributed by atoms with Crippen LogP contribution in [0.25, 0.3) is 0 Å². The zero-order valence-corrected chi connectivity index (χ0v) is 13.2. The Bertz CT molecular complexity index is 719. The Morgan fingerprint density at radius 3 is 2.35 bits per heavy atom. The van der Waals surface area contributed by atoms with E-state index >= 15 is 0 Å². The van der Waals surface area contributed by atoms with Crippen molar-refractivity contribution < 1.29 is 21.2 Å². The normalized spacial score (nSPS) is 12.8. The molecule has 2 N–H and O–H groups in total. The molecule has 0 bridgehead atoms. The summed E-state index contributed by atoms with van der Waals surface area (Å²) < 4.78 is 60.9. The summed E-state index contributed by atoms with van der Waals surface area (Å²) in [7, 11) is -6.40. The van der Waals surface area contributed by atoms with E-state index in [2.05, 4.69) is 0 Å². The monoisotopic (exact) mass is 344 g/mol. The van der Waals surface area contributed by atoms with Crippen molar-refractivity contribution in [2.75, 3.05) is 31.3 Å². The van der Waals surface area contributed by atoms with Crippen LogP contribution in [0.3, 0.4) is 0 Å². The van der Waals surface area contributed by atoms with Gasteiger partial charge in [0, 0.05) is 24.9 Å². The van der Waals surface area contributed by atoms with Gasteiger partial charge in [-0.3, -0.25) is 0 Å². The van der Waals surface area contributed by atoms with Crippen molar-refractivity contribution in [3.05, 3.63) is 23.0 Å². The molecule has 1 rings (SSSR count). The average molecular weight is 345 g/mol. The van der Waals surface area contributed by atoms with Gasteiger partial charge in [-0.1, -0.05) is 11.6 Å². The summed E-state index contributed by atoms with van der Waals surface area (Å²) in [5, 5.41) is -0.0287. The lowest BCUT2D eigenvalue weighted by Crippen LogP contribution is -2.32. The van der Waals surface area contributed by atoms with Crippen molar-refractivity contribution >= 4 is 37.1 Å². The number of rotatable bonds is 5. The van der Waals surface area contributed by atoms with Crippen LogP contribution in [0.15, 0.2) is 17.0 Å². The number of hydrogen-bond acceptors (Lipinski definition) is 5. The minimum atomic E-state index is -4.21. The fourth-order valence-corrected chi connectivity index (χ4v) is 3.65. The highest BCUT2D eigenvalue weighted by Crippen LogP contribution is 2.27. The van der Waals surface area contributed by atoms with Crippen LogP contribution in [0.4, 0.5) is 10.1 Å². The number of benzene rings is 1. The van der Waals surface area contributed by atoms with Gasteiger partial charge in [-0.05, 0) is 12.1 Å². The molecule has 1 aromatic rings. The molecule has 0 heterocycles. The van der Waals surface area contributed by atoms with Gasteiger partial charge in [0.15, 0.2) is 5.82 Å². The highest BCUT2D eigenvalue weighted by Gasteiger charge is 2.26. The third-order valence-electron chi connectivity index (χ3n) is 2.50. The molecule has 0 unspecified atom stereocenters. The Hall–Kier alpha value is -0.900. The first-order valence-electron chi connectivity index (χ1n) is 5.34. The van der Waals surface area contributed by atoms with Crippen molar-refractivity contribution in [1.29, 1.82) is 0 Å². The van der Waals surface area contributed by atoms with E-state index in [1.54, 1.807) is 0 Å². The van der Waals surface area contributed by atoms with E-state index < -0.39 is 36.3 Å². The topological polar surface area (TPSA) is 97.5 Å². The third-order valence-corrected chi connectivity index (χ3v) is 5.50. The number of halogens is 2. The van der Waals surface area contributed by atoms with Crippen LogP contribution in [0, 0.1) is 5.82 Å². The van der Waals surface area contributed by atoms with Crippen LogP contribution in [-0.4, -0.2) is 46.7 Å². The molecule has 0 saturated heterocycles. The van der Waals surface area contributed by atoms with Crippen LogP contribution in [-0.2, 0) is 19.9 Å². The summed E-state index contributed by atoms with van der Waals surface area (Å²) >= 11 is 5.66. The number of sulfonamides is 1. The van der Waals surface area contributed by atoms with E-state index in [-0.39, 0.29) is 17.3 Å². The van der Waals surface area contributed by atoms with E-state index in [1.807, 2.05) is 0 Å². The van der Waals surface area contributed by atoms with E-state index in [0.717, 1.165) is 29.7 Å². The van der Waals surface area contributed by atoms with Crippen LogP contribution >= 0.6 is 11.6 Å². The molecule has 0 radical (unpaired) electrons. The Balaban J connectivity index is 3.17. The number of nitrogens with two attached hydrogens (primary N) is 1. The molecule has 0 amide bonds. The smallest absolute Gasteiger partial charge is 0.245 e. The predicted molar refractivity (Wildman–Crippen MR) is 75.3 cm³/mol. The first kappa shape index (κ1) is 17.2.